The molecular formula is C32H39F3N4O6. The quantitative estimate of drug-likeness (QED) is 0.155. The number of methoxy groups -OCH3 is 1. The first-order valence-corrected chi connectivity index (χ1v) is 15.1. The van der Waals surface area contributed by atoms with Gasteiger partial charge >= 0.3 is 0 Å². The van der Waals surface area contributed by atoms with E-state index in [0.717, 1.165) is 41.2 Å². The molecule has 0 aliphatic carbocycles. The minimum absolute atomic E-state index is 0.0117. The third kappa shape index (κ3) is 7.67. The molecule has 0 radical (unpaired) electrons. The van der Waals surface area contributed by atoms with Crippen molar-refractivity contribution in [3.05, 3.63) is 65.1 Å². The number of benzene rings is 2. The number of ether oxygens (including phenoxy) is 3. The van der Waals surface area contributed by atoms with E-state index in [-0.39, 0.29) is 13.0 Å². The molecule has 2 saturated heterocycles. The summed E-state index contributed by atoms with van der Waals surface area (Å²) in [5.74, 6) is -3.88. The summed E-state index contributed by atoms with van der Waals surface area (Å²) in [6, 6.07) is 6.78. The Labute approximate surface area is 259 Å². The lowest BCUT2D eigenvalue weighted by atomic mass is 9.73. The van der Waals surface area contributed by atoms with E-state index >= 15 is 0 Å². The SMILES string of the molecule is COc1ccc2ncc(CN3CCOCC3)c([C@H](O)CCC3(C(=O)NO)CCN(CCOc4cc(F)cc(F)c4F)CC3)c2c1. The van der Waals surface area contributed by atoms with Crippen LogP contribution in [-0.4, -0.2) is 90.7 Å². The fourth-order valence-electron chi connectivity index (χ4n) is 6.27. The van der Waals surface area contributed by atoms with Crippen molar-refractivity contribution >= 4 is 16.8 Å². The minimum atomic E-state index is -1.32. The van der Waals surface area contributed by atoms with Crippen molar-refractivity contribution in [2.75, 3.05) is 59.7 Å². The topological polar surface area (TPSA) is 117 Å². The third-order valence-electron chi connectivity index (χ3n) is 8.95. The average molecular weight is 633 g/mol. The van der Waals surface area contributed by atoms with Crippen molar-refractivity contribution in [1.29, 1.82) is 0 Å². The number of hydroxylamine groups is 1. The number of aliphatic hydroxyl groups is 1. The van der Waals surface area contributed by atoms with Crippen LogP contribution in [0.2, 0.25) is 0 Å². The largest absolute Gasteiger partial charge is 0.497 e. The number of fused-ring (bicyclic) bond motifs is 1. The fourth-order valence-corrected chi connectivity index (χ4v) is 6.27. The van der Waals surface area contributed by atoms with Crippen LogP contribution >= 0.6 is 0 Å². The zero-order chi connectivity index (χ0) is 32.0. The van der Waals surface area contributed by atoms with Gasteiger partial charge in [0, 0.05) is 49.9 Å². The predicted molar refractivity (Wildman–Crippen MR) is 158 cm³/mol. The number of amides is 1. The molecule has 1 atom stereocenters. The van der Waals surface area contributed by atoms with Gasteiger partial charge in [-0.05, 0) is 68.1 Å². The molecule has 244 valence electrons. The number of morpholine rings is 1. The molecule has 3 N–H and O–H groups in total. The Bertz CT molecular complexity index is 1480. The van der Waals surface area contributed by atoms with E-state index in [0.29, 0.717) is 70.5 Å². The van der Waals surface area contributed by atoms with Crippen molar-refractivity contribution in [2.24, 2.45) is 5.41 Å². The number of nitrogens with one attached hydrogen (secondary N) is 1. The summed E-state index contributed by atoms with van der Waals surface area (Å²) in [4.78, 5) is 21.9. The molecular weight excluding hydrogens is 593 g/mol. The van der Waals surface area contributed by atoms with Gasteiger partial charge in [-0.3, -0.25) is 24.8 Å². The molecule has 3 aromatic rings. The number of likely N-dealkylation sites (tertiary alicyclic amines) is 1. The van der Waals surface area contributed by atoms with Gasteiger partial charge < -0.3 is 19.3 Å². The normalized spacial score (nSPS) is 18.1. The summed E-state index contributed by atoms with van der Waals surface area (Å²) in [5, 5.41) is 22.1. The maximum atomic E-state index is 13.9. The molecule has 3 heterocycles. The van der Waals surface area contributed by atoms with E-state index in [4.69, 9.17) is 14.2 Å². The van der Waals surface area contributed by atoms with Gasteiger partial charge in [0.05, 0.1) is 37.4 Å². The lowest BCUT2D eigenvalue weighted by Gasteiger charge is -2.40. The molecule has 0 unspecified atom stereocenters. The van der Waals surface area contributed by atoms with Gasteiger partial charge in [-0.15, -0.1) is 0 Å². The highest BCUT2D eigenvalue weighted by atomic mass is 19.2. The molecule has 5 rings (SSSR count). The number of hydrogen-bond donors (Lipinski definition) is 3. The lowest BCUT2D eigenvalue weighted by molar-refractivity contribution is -0.144. The molecule has 13 heteroatoms. The van der Waals surface area contributed by atoms with E-state index < -0.39 is 40.6 Å². The third-order valence-corrected chi connectivity index (χ3v) is 8.95. The molecule has 10 nitrogen and oxygen atoms in total. The Morgan fingerprint density at radius 2 is 1.87 bits per heavy atom. The Morgan fingerprint density at radius 3 is 2.58 bits per heavy atom. The highest BCUT2D eigenvalue weighted by Gasteiger charge is 2.41. The smallest absolute Gasteiger partial charge is 0.249 e. The maximum Gasteiger partial charge on any atom is 0.249 e. The summed E-state index contributed by atoms with van der Waals surface area (Å²) in [6.45, 7) is 4.64. The van der Waals surface area contributed by atoms with E-state index in [1.807, 2.05) is 28.6 Å². The maximum absolute atomic E-state index is 13.9. The van der Waals surface area contributed by atoms with Gasteiger partial charge in [0.2, 0.25) is 11.7 Å². The van der Waals surface area contributed by atoms with E-state index in [1.54, 1.807) is 13.3 Å². The Kier molecular flexibility index (Phi) is 10.8. The molecule has 0 saturated carbocycles. The number of pyridine rings is 1. The second-order valence-electron chi connectivity index (χ2n) is 11.6. The standard InChI is InChI=1S/C32H39F3N4O6/c1-43-23-2-3-26-24(18-23)29(21(19-36-26)20-39-10-13-44-14-11-39)27(40)4-5-32(31(41)37-42)6-8-38(9-7-32)12-15-45-28-17-22(33)16-25(34)30(28)35/h2-3,16-19,27,40,42H,4-15,20H2,1H3,(H,37,41)/t27-/m1/s1. The molecule has 1 aromatic heterocycles. The van der Waals surface area contributed by atoms with Crippen molar-refractivity contribution < 1.29 is 42.5 Å². The lowest BCUT2D eigenvalue weighted by Crippen LogP contribution is -2.49. The van der Waals surface area contributed by atoms with E-state index in [1.165, 1.54) is 0 Å². The van der Waals surface area contributed by atoms with Gasteiger partial charge in [-0.1, -0.05) is 0 Å². The van der Waals surface area contributed by atoms with Crippen LogP contribution in [0.5, 0.6) is 11.5 Å². The summed E-state index contributed by atoms with van der Waals surface area (Å²) < 4.78 is 57.1. The Morgan fingerprint density at radius 1 is 1.11 bits per heavy atom. The van der Waals surface area contributed by atoms with Crippen molar-refractivity contribution in [3.8, 4) is 11.5 Å². The number of aromatic nitrogens is 1. The van der Waals surface area contributed by atoms with Crippen LogP contribution in [0.3, 0.4) is 0 Å². The zero-order valence-corrected chi connectivity index (χ0v) is 25.2. The molecule has 2 aliphatic heterocycles. The number of piperidine rings is 1. The van der Waals surface area contributed by atoms with Gasteiger partial charge in [0.1, 0.15) is 18.2 Å². The summed E-state index contributed by atoms with van der Waals surface area (Å²) in [7, 11) is 1.58. The monoisotopic (exact) mass is 632 g/mol. The van der Waals surface area contributed by atoms with Crippen LogP contribution in [-0.2, 0) is 16.1 Å². The van der Waals surface area contributed by atoms with Gasteiger partial charge in [0.15, 0.2) is 11.6 Å². The first-order valence-electron chi connectivity index (χ1n) is 15.1. The van der Waals surface area contributed by atoms with Crippen LogP contribution in [0.1, 0.15) is 42.9 Å². The highest BCUT2D eigenvalue weighted by molar-refractivity contribution is 5.85. The fraction of sp³-hybridized carbons (Fsp3) is 0.500. The number of aliphatic hydroxyl groups excluding tert-OH is 1. The minimum Gasteiger partial charge on any atom is -0.497 e. The van der Waals surface area contributed by atoms with E-state index in [2.05, 4.69) is 9.88 Å². The van der Waals surface area contributed by atoms with Gasteiger partial charge in [-0.25, -0.2) is 14.3 Å². The molecule has 0 bridgehead atoms. The molecule has 2 aliphatic rings. The number of carbonyl (C=O) groups excluding carboxylic acids is 1. The summed E-state index contributed by atoms with van der Waals surface area (Å²) in [6.07, 6.45) is 2.22. The zero-order valence-electron chi connectivity index (χ0n) is 25.2. The van der Waals surface area contributed by atoms with Crippen LogP contribution in [0.4, 0.5) is 13.2 Å². The van der Waals surface area contributed by atoms with Crippen molar-refractivity contribution in [1.82, 2.24) is 20.3 Å². The van der Waals surface area contributed by atoms with Crippen molar-refractivity contribution in [2.45, 2.75) is 38.3 Å². The molecule has 2 fully saturated rings. The number of nitrogens with zero attached hydrogens (tertiary/aromatic N) is 3. The van der Waals surface area contributed by atoms with Crippen molar-refractivity contribution in [3.63, 3.8) is 0 Å². The summed E-state index contributed by atoms with van der Waals surface area (Å²) >= 11 is 0. The molecule has 1 amide bonds. The van der Waals surface area contributed by atoms with Crippen LogP contribution in [0, 0.1) is 22.9 Å². The highest BCUT2D eigenvalue weighted by Crippen LogP contribution is 2.40. The van der Waals surface area contributed by atoms with Crippen LogP contribution in [0.25, 0.3) is 10.9 Å². The molecule has 45 heavy (non-hydrogen) atoms. The number of carbonyl (C=O) groups is 1. The Hall–Kier alpha value is -3.49. The number of hydrogen-bond acceptors (Lipinski definition) is 9. The molecule has 2 aromatic carbocycles. The van der Waals surface area contributed by atoms with E-state index in [9.17, 15) is 28.3 Å². The van der Waals surface area contributed by atoms with Crippen LogP contribution < -0.4 is 15.0 Å². The molecule has 0 spiro atoms. The Balaban J connectivity index is 1.27. The second kappa shape index (κ2) is 14.7. The number of halogens is 3. The second-order valence-corrected chi connectivity index (χ2v) is 11.6. The first-order chi connectivity index (χ1) is 21.7. The predicted octanol–water partition coefficient (Wildman–Crippen LogP) is 3.97. The summed E-state index contributed by atoms with van der Waals surface area (Å²) in [5.41, 5.74) is 3.23. The number of rotatable bonds is 12. The van der Waals surface area contributed by atoms with Gasteiger partial charge in [0.25, 0.3) is 0 Å². The van der Waals surface area contributed by atoms with Gasteiger partial charge in [-0.2, -0.15) is 4.39 Å². The van der Waals surface area contributed by atoms with Crippen LogP contribution in [0.15, 0.2) is 36.5 Å². The average Bonchev–Trinajstić information content (AvgIpc) is 3.06. The first kappa shape index (κ1) is 32.9.